The fourth-order valence-corrected chi connectivity index (χ4v) is 6.18. The van der Waals surface area contributed by atoms with E-state index in [1.165, 1.54) is 16.9 Å². The molecule has 2 heterocycles. The fourth-order valence-electron chi connectivity index (χ4n) is 5.17. The Bertz CT molecular complexity index is 1750. The smallest absolute Gasteiger partial charge is 0.326 e. The number of thiophene rings is 1. The van der Waals surface area contributed by atoms with Gasteiger partial charge in [0.2, 0.25) is 11.8 Å². The van der Waals surface area contributed by atoms with Crippen LogP contribution in [0.25, 0.3) is 22.5 Å². The number of aromatic nitrogens is 2. The predicted molar refractivity (Wildman–Crippen MR) is 189 cm³/mol. The zero-order valence-electron chi connectivity index (χ0n) is 28.4. The zero-order chi connectivity index (χ0) is 35.2. The van der Waals surface area contributed by atoms with E-state index >= 15 is 0 Å². The van der Waals surface area contributed by atoms with Gasteiger partial charge in [-0.1, -0.05) is 90.1 Å². The Balaban J connectivity index is 1.51. The Morgan fingerprint density at radius 3 is 1.94 bits per heavy atom. The van der Waals surface area contributed by atoms with Gasteiger partial charge in [0.1, 0.15) is 6.04 Å². The van der Waals surface area contributed by atoms with Gasteiger partial charge < -0.3 is 16.2 Å². The summed E-state index contributed by atoms with van der Waals surface area (Å²) in [6.07, 6.45) is 3.33. The number of hydrogen-bond donors (Lipinski definition) is 3. The molecule has 0 fully saturated rings. The number of carbonyl (C=O) groups is 4. The van der Waals surface area contributed by atoms with Gasteiger partial charge in [-0.2, -0.15) is 0 Å². The number of nitrogens with two attached hydrogens (primary N) is 1. The molecular formula is C38H44N4O5S. The van der Waals surface area contributed by atoms with Crippen molar-refractivity contribution in [3.05, 3.63) is 93.9 Å². The van der Waals surface area contributed by atoms with E-state index < -0.39 is 29.7 Å². The minimum absolute atomic E-state index is 0.0671. The first-order valence-electron chi connectivity index (χ1n) is 16.0. The summed E-state index contributed by atoms with van der Waals surface area (Å²) < 4.78 is 0. The fraction of sp³-hybridized carbons (Fsp3) is 0.368. The van der Waals surface area contributed by atoms with E-state index in [1.807, 2.05) is 30.3 Å². The minimum atomic E-state index is -1.31. The van der Waals surface area contributed by atoms with Gasteiger partial charge in [-0.05, 0) is 52.5 Å². The van der Waals surface area contributed by atoms with Crippen molar-refractivity contribution in [1.82, 2.24) is 15.3 Å². The minimum Gasteiger partial charge on any atom is -0.480 e. The predicted octanol–water partition coefficient (Wildman–Crippen LogP) is 6.73. The number of hydrogen-bond acceptors (Lipinski definition) is 7. The van der Waals surface area contributed by atoms with E-state index in [0.717, 1.165) is 27.1 Å². The highest BCUT2D eigenvalue weighted by atomic mass is 32.1. The third-order valence-electron chi connectivity index (χ3n) is 8.15. The average Bonchev–Trinajstić information content (AvgIpc) is 3.54. The van der Waals surface area contributed by atoms with Crippen LogP contribution in [0.5, 0.6) is 0 Å². The van der Waals surface area contributed by atoms with Gasteiger partial charge in [0.15, 0.2) is 11.6 Å². The topological polar surface area (TPSA) is 152 Å². The lowest BCUT2D eigenvalue weighted by atomic mass is 9.86. The summed E-state index contributed by atoms with van der Waals surface area (Å²) in [5.41, 5.74) is 9.90. The third-order valence-corrected chi connectivity index (χ3v) is 9.70. The van der Waals surface area contributed by atoms with Gasteiger partial charge in [0, 0.05) is 47.2 Å². The molecule has 2 amide bonds. The quantitative estimate of drug-likeness (QED) is 0.134. The molecule has 0 radical (unpaired) electrons. The van der Waals surface area contributed by atoms with Gasteiger partial charge in [-0.25, -0.2) is 14.8 Å². The van der Waals surface area contributed by atoms with Crippen molar-refractivity contribution in [3.8, 4) is 22.5 Å². The van der Waals surface area contributed by atoms with E-state index in [0.29, 0.717) is 10.7 Å². The van der Waals surface area contributed by atoms with Crippen LogP contribution in [0, 0.1) is 5.92 Å². The van der Waals surface area contributed by atoms with Crippen LogP contribution in [-0.4, -0.2) is 44.7 Å². The molecule has 2 aromatic heterocycles. The maximum Gasteiger partial charge on any atom is 0.326 e. The molecule has 252 valence electrons. The van der Waals surface area contributed by atoms with Crippen LogP contribution in [0.1, 0.15) is 86.5 Å². The van der Waals surface area contributed by atoms with E-state index in [4.69, 9.17) is 5.73 Å². The number of rotatable bonds is 13. The molecule has 0 aliphatic rings. The third kappa shape index (κ3) is 9.67. The highest BCUT2D eigenvalue weighted by molar-refractivity contribution is 7.14. The maximum atomic E-state index is 13.5. The standard InChI is InChI=1S/C38H44N4O5S/c1-37(2,3)28-13-11-24(12-14-28)27-21-40-34(41-22-27)25-9-7-23(8-10-25)19-26(35(45)42-29(36(46)47)15-18-33(39)44)20-30(43)31-16-17-32(48-31)38(4,5)6/h7-14,16-17,21-22,26,29H,15,18-20H2,1-6H3,(H2,39,44)(H,42,45)(H,46,47)/t26-,29-/m1/s1. The summed E-state index contributed by atoms with van der Waals surface area (Å²) >= 11 is 1.40. The lowest BCUT2D eigenvalue weighted by Gasteiger charge is -2.20. The number of carboxylic acids is 1. The summed E-state index contributed by atoms with van der Waals surface area (Å²) in [5.74, 6) is -3.02. The first kappa shape index (κ1) is 36.1. The number of nitrogens with one attached hydrogen (secondary N) is 1. The highest BCUT2D eigenvalue weighted by Gasteiger charge is 2.29. The molecule has 48 heavy (non-hydrogen) atoms. The Morgan fingerprint density at radius 2 is 1.42 bits per heavy atom. The Morgan fingerprint density at radius 1 is 0.812 bits per heavy atom. The van der Waals surface area contributed by atoms with E-state index in [1.54, 1.807) is 18.5 Å². The van der Waals surface area contributed by atoms with Gasteiger partial charge >= 0.3 is 5.97 Å². The molecular weight excluding hydrogens is 625 g/mol. The Hall–Kier alpha value is -4.70. The summed E-state index contributed by atoms with van der Waals surface area (Å²) in [4.78, 5) is 60.8. The molecule has 9 nitrogen and oxygen atoms in total. The summed E-state index contributed by atoms with van der Waals surface area (Å²) in [6, 6.07) is 18.2. The summed E-state index contributed by atoms with van der Waals surface area (Å²) in [5, 5.41) is 12.2. The maximum absolute atomic E-state index is 13.5. The Labute approximate surface area is 286 Å². The Kier molecular flexibility index (Phi) is 11.3. The van der Waals surface area contributed by atoms with Crippen LogP contribution >= 0.6 is 11.3 Å². The molecule has 2 aromatic carbocycles. The van der Waals surface area contributed by atoms with Crippen LogP contribution in [0.15, 0.2) is 73.1 Å². The molecule has 0 saturated carbocycles. The van der Waals surface area contributed by atoms with Crippen molar-refractivity contribution in [3.63, 3.8) is 0 Å². The molecule has 0 aliphatic carbocycles. The number of primary amides is 1. The molecule has 2 atom stereocenters. The number of benzene rings is 2. The number of amides is 2. The lowest BCUT2D eigenvalue weighted by Crippen LogP contribution is -2.45. The van der Waals surface area contributed by atoms with E-state index in [2.05, 4.69) is 81.1 Å². The summed E-state index contributed by atoms with van der Waals surface area (Å²) in [7, 11) is 0. The van der Waals surface area contributed by atoms with Crippen molar-refractivity contribution in [2.75, 3.05) is 0 Å². The number of carbonyl (C=O) groups excluding carboxylic acids is 3. The van der Waals surface area contributed by atoms with E-state index in [-0.39, 0.29) is 42.3 Å². The van der Waals surface area contributed by atoms with Crippen LogP contribution in [0.2, 0.25) is 0 Å². The first-order chi connectivity index (χ1) is 22.5. The van der Waals surface area contributed by atoms with Crippen LogP contribution in [0.4, 0.5) is 0 Å². The van der Waals surface area contributed by atoms with Crippen molar-refractivity contribution in [1.29, 1.82) is 0 Å². The lowest BCUT2D eigenvalue weighted by molar-refractivity contribution is -0.142. The van der Waals surface area contributed by atoms with Crippen molar-refractivity contribution in [2.45, 2.75) is 84.1 Å². The summed E-state index contributed by atoms with van der Waals surface area (Å²) in [6.45, 7) is 12.7. The van der Waals surface area contributed by atoms with Crippen LogP contribution in [0.3, 0.4) is 0 Å². The highest BCUT2D eigenvalue weighted by Crippen LogP contribution is 2.31. The second-order valence-corrected chi connectivity index (χ2v) is 15.3. The molecule has 0 bridgehead atoms. The van der Waals surface area contributed by atoms with Gasteiger partial charge in [0.05, 0.1) is 4.88 Å². The molecule has 4 N–H and O–H groups in total. The van der Waals surface area contributed by atoms with E-state index in [9.17, 15) is 24.3 Å². The second-order valence-electron chi connectivity index (χ2n) is 14.2. The molecule has 4 rings (SSSR count). The molecule has 0 saturated heterocycles. The number of ketones is 1. The number of Topliss-reactive ketones (excluding diaryl/α,β-unsaturated/α-hetero) is 1. The molecule has 10 heteroatoms. The van der Waals surface area contributed by atoms with Crippen molar-refractivity contribution >= 4 is 34.9 Å². The van der Waals surface area contributed by atoms with Gasteiger partial charge in [0.25, 0.3) is 0 Å². The number of nitrogens with zero attached hydrogens (tertiary/aromatic N) is 2. The monoisotopic (exact) mass is 668 g/mol. The SMILES string of the molecule is CC(C)(C)c1ccc(-c2cnc(-c3ccc(C[C@H](CC(=O)c4ccc(C(C)(C)C)s4)C(=O)N[C@H](CCC(N)=O)C(=O)O)cc3)nc2)cc1. The number of aliphatic carboxylic acids is 1. The molecule has 0 unspecified atom stereocenters. The van der Waals surface area contributed by atoms with Crippen molar-refractivity contribution in [2.24, 2.45) is 11.7 Å². The second kappa shape index (κ2) is 15.0. The average molecular weight is 669 g/mol. The largest absolute Gasteiger partial charge is 0.480 e. The normalized spacial score (nSPS) is 13.0. The van der Waals surface area contributed by atoms with Crippen molar-refractivity contribution < 1.29 is 24.3 Å². The van der Waals surface area contributed by atoms with Gasteiger partial charge in [-0.15, -0.1) is 11.3 Å². The molecule has 0 spiro atoms. The number of carboxylic acid groups (broad SMARTS) is 1. The first-order valence-corrected chi connectivity index (χ1v) is 16.8. The zero-order valence-corrected chi connectivity index (χ0v) is 29.2. The molecule has 0 aliphatic heterocycles. The van der Waals surface area contributed by atoms with Gasteiger partial charge in [-0.3, -0.25) is 14.4 Å². The van der Waals surface area contributed by atoms with Crippen LogP contribution < -0.4 is 11.1 Å². The molecule has 4 aromatic rings. The van der Waals surface area contributed by atoms with Crippen LogP contribution in [-0.2, 0) is 31.6 Å².